The fourth-order valence-electron chi connectivity index (χ4n) is 2.60. The third-order valence-corrected chi connectivity index (χ3v) is 4.04. The fraction of sp³-hybridized carbons (Fsp3) is 0.167. The van der Waals surface area contributed by atoms with Crippen LogP contribution in [0.3, 0.4) is 0 Å². The first-order valence-electron chi connectivity index (χ1n) is 7.37. The van der Waals surface area contributed by atoms with Crippen molar-refractivity contribution in [1.82, 2.24) is 4.90 Å². The summed E-state index contributed by atoms with van der Waals surface area (Å²) >= 11 is 5.61. The van der Waals surface area contributed by atoms with Gasteiger partial charge < -0.3 is 4.74 Å². The van der Waals surface area contributed by atoms with Gasteiger partial charge in [-0.3, -0.25) is 19.3 Å². The maximum atomic E-state index is 12.4. The van der Waals surface area contributed by atoms with Gasteiger partial charge >= 0.3 is 0 Å². The molecule has 0 N–H and O–H groups in total. The summed E-state index contributed by atoms with van der Waals surface area (Å²) in [6.07, 6.45) is 0. The van der Waals surface area contributed by atoms with E-state index in [4.69, 9.17) is 16.3 Å². The normalized spacial score (nSPS) is 14.6. The Labute approximate surface area is 143 Å². The number of rotatable bonds is 6. The second-order valence-electron chi connectivity index (χ2n) is 5.35. The number of ether oxygens (including phenoxy) is 1. The van der Waals surface area contributed by atoms with Crippen molar-refractivity contribution in [2.75, 3.05) is 6.61 Å². The third-order valence-electron chi connectivity index (χ3n) is 3.79. The van der Waals surface area contributed by atoms with E-state index in [-0.39, 0.29) is 24.3 Å². The second-order valence-corrected chi connectivity index (χ2v) is 5.72. The van der Waals surface area contributed by atoms with Crippen LogP contribution in [0.15, 0.2) is 54.6 Å². The fourth-order valence-corrected chi connectivity index (χ4v) is 2.76. The lowest BCUT2D eigenvalue weighted by Gasteiger charge is -2.22. The molecule has 2 aromatic carbocycles. The second kappa shape index (κ2) is 6.95. The molecule has 0 saturated heterocycles. The summed E-state index contributed by atoms with van der Waals surface area (Å²) in [5, 5.41) is -0.808. The van der Waals surface area contributed by atoms with E-state index in [2.05, 4.69) is 0 Å². The van der Waals surface area contributed by atoms with E-state index in [0.717, 1.165) is 10.5 Å². The highest BCUT2D eigenvalue weighted by Gasteiger charge is 2.42. The van der Waals surface area contributed by atoms with Gasteiger partial charge in [0.25, 0.3) is 11.8 Å². The molecule has 0 bridgehead atoms. The Balaban J connectivity index is 1.74. The van der Waals surface area contributed by atoms with Crippen LogP contribution < -0.4 is 0 Å². The molecule has 0 aliphatic carbocycles. The van der Waals surface area contributed by atoms with Crippen LogP contribution in [0.25, 0.3) is 0 Å². The molecule has 5 nitrogen and oxygen atoms in total. The molecule has 0 spiro atoms. The van der Waals surface area contributed by atoms with Crippen LogP contribution in [0.4, 0.5) is 0 Å². The number of imide groups is 1. The molecular weight excluding hydrogens is 330 g/mol. The molecule has 0 aromatic heterocycles. The van der Waals surface area contributed by atoms with Gasteiger partial charge in [0.1, 0.15) is 6.04 Å². The minimum Gasteiger partial charge on any atom is -0.374 e. The van der Waals surface area contributed by atoms with Crippen LogP contribution >= 0.6 is 11.6 Å². The number of carbonyl (C=O) groups excluding carboxylic acids is 3. The molecule has 0 unspecified atom stereocenters. The molecule has 24 heavy (non-hydrogen) atoms. The quantitative estimate of drug-likeness (QED) is 0.597. The Morgan fingerprint density at radius 1 is 0.958 bits per heavy atom. The molecule has 0 fully saturated rings. The number of hydrogen-bond acceptors (Lipinski definition) is 4. The minimum absolute atomic E-state index is 0.150. The SMILES string of the molecule is O=C(Cl)[C@@H](COCc1ccccc1)N1C(=O)c2ccccc2C1=O. The zero-order chi connectivity index (χ0) is 17.1. The van der Waals surface area contributed by atoms with Crippen LogP contribution in [0.1, 0.15) is 26.3 Å². The van der Waals surface area contributed by atoms with Gasteiger partial charge in [-0.05, 0) is 29.3 Å². The summed E-state index contributed by atoms with van der Waals surface area (Å²) in [5.41, 5.74) is 1.46. The number of hydrogen-bond donors (Lipinski definition) is 0. The molecule has 1 aliphatic rings. The van der Waals surface area contributed by atoms with E-state index < -0.39 is 23.1 Å². The largest absolute Gasteiger partial charge is 0.374 e. The molecule has 3 rings (SSSR count). The smallest absolute Gasteiger partial charge is 0.262 e. The Morgan fingerprint density at radius 2 is 1.50 bits per heavy atom. The number of halogens is 1. The van der Waals surface area contributed by atoms with Gasteiger partial charge in [0.2, 0.25) is 5.24 Å². The number of nitrogens with zero attached hydrogens (tertiary/aromatic N) is 1. The van der Waals surface area contributed by atoms with Gasteiger partial charge in [0.15, 0.2) is 0 Å². The van der Waals surface area contributed by atoms with Crippen LogP contribution in [0, 0.1) is 0 Å². The van der Waals surface area contributed by atoms with E-state index in [1.54, 1.807) is 24.3 Å². The highest BCUT2D eigenvalue weighted by molar-refractivity contribution is 6.65. The Kier molecular flexibility index (Phi) is 4.74. The van der Waals surface area contributed by atoms with E-state index >= 15 is 0 Å². The van der Waals surface area contributed by atoms with Gasteiger partial charge in [-0.15, -0.1) is 0 Å². The number of amides is 2. The molecule has 0 radical (unpaired) electrons. The Hall–Kier alpha value is -2.50. The number of carbonyl (C=O) groups is 3. The summed E-state index contributed by atoms with van der Waals surface area (Å²) in [6.45, 7) is 0.105. The predicted octanol–water partition coefficient (Wildman–Crippen LogP) is 2.63. The van der Waals surface area contributed by atoms with Crippen molar-refractivity contribution in [3.05, 3.63) is 71.3 Å². The van der Waals surface area contributed by atoms with Crippen molar-refractivity contribution in [3.63, 3.8) is 0 Å². The molecule has 2 amide bonds. The molecule has 1 aliphatic heterocycles. The van der Waals surface area contributed by atoms with Crippen molar-refractivity contribution >= 4 is 28.7 Å². The summed E-state index contributed by atoms with van der Waals surface area (Å²) in [4.78, 5) is 37.5. The zero-order valence-electron chi connectivity index (χ0n) is 12.6. The highest BCUT2D eigenvalue weighted by atomic mass is 35.5. The van der Waals surface area contributed by atoms with Gasteiger partial charge in [-0.1, -0.05) is 42.5 Å². The molecular formula is C18H14ClNO4. The molecule has 6 heteroatoms. The van der Waals surface area contributed by atoms with Crippen LogP contribution in [0.2, 0.25) is 0 Å². The number of benzene rings is 2. The molecule has 122 valence electrons. The van der Waals surface area contributed by atoms with Crippen LogP contribution in [-0.2, 0) is 16.1 Å². The summed E-state index contributed by atoms with van der Waals surface area (Å²) in [5.74, 6) is -1.06. The lowest BCUT2D eigenvalue weighted by atomic mass is 10.1. The Bertz CT molecular complexity index is 756. The van der Waals surface area contributed by atoms with Crippen LogP contribution in [-0.4, -0.2) is 34.6 Å². The topological polar surface area (TPSA) is 63.7 Å². The van der Waals surface area contributed by atoms with Crippen molar-refractivity contribution in [1.29, 1.82) is 0 Å². The molecule has 1 atom stereocenters. The summed E-state index contributed by atoms with van der Waals surface area (Å²) in [7, 11) is 0. The average Bonchev–Trinajstić information content (AvgIpc) is 2.84. The van der Waals surface area contributed by atoms with E-state index in [0.29, 0.717) is 0 Å². The highest BCUT2D eigenvalue weighted by Crippen LogP contribution is 2.25. The molecule has 1 heterocycles. The minimum atomic E-state index is -1.15. The monoisotopic (exact) mass is 343 g/mol. The lowest BCUT2D eigenvalue weighted by molar-refractivity contribution is -0.117. The first-order chi connectivity index (χ1) is 11.6. The van der Waals surface area contributed by atoms with Crippen LogP contribution in [0.5, 0.6) is 0 Å². The maximum Gasteiger partial charge on any atom is 0.262 e. The van der Waals surface area contributed by atoms with E-state index in [1.165, 1.54) is 0 Å². The first kappa shape index (κ1) is 16.4. The predicted molar refractivity (Wildman–Crippen MR) is 87.7 cm³/mol. The lowest BCUT2D eigenvalue weighted by Crippen LogP contribution is -2.46. The zero-order valence-corrected chi connectivity index (χ0v) is 13.4. The third kappa shape index (κ3) is 3.09. The van der Waals surface area contributed by atoms with E-state index in [9.17, 15) is 14.4 Å². The maximum absolute atomic E-state index is 12.4. The standard InChI is InChI=1S/C18H14ClNO4/c19-16(21)15(11-24-10-12-6-2-1-3-7-12)20-17(22)13-8-4-5-9-14(13)18(20)23/h1-9,15H,10-11H2/t15-/m1/s1. The van der Waals surface area contributed by atoms with E-state index in [1.807, 2.05) is 30.3 Å². The van der Waals surface area contributed by atoms with Crippen molar-refractivity contribution in [3.8, 4) is 0 Å². The molecule has 0 saturated carbocycles. The van der Waals surface area contributed by atoms with Crippen molar-refractivity contribution in [2.24, 2.45) is 0 Å². The average molecular weight is 344 g/mol. The summed E-state index contributed by atoms with van der Waals surface area (Å²) < 4.78 is 5.50. The van der Waals surface area contributed by atoms with Gasteiger partial charge in [0, 0.05) is 0 Å². The first-order valence-corrected chi connectivity index (χ1v) is 7.75. The Morgan fingerprint density at radius 3 is 2.04 bits per heavy atom. The van der Waals surface area contributed by atoms with Gasteiger partial charge in [-0.2, -0.15) is 0 Å². The number of fused-ring (bicyclic) bond motifs is 1. The van der Waals surface area contributed by atoms with Gasteiger partial charge in [0.05, 0.1) is 24.3 Å². The van der Waals surface area contributed by atoms with Crippen molar-refractivity contribution < 1.29 is 19.1 Å². The summed E-state index contributed by atoms with van der Waals surface area (Å²) in [6, 6.07) is 14.6. The van der Waals surface area contributed by atoms with Gasteiger partial charge in [-0.25, -0.2) is 0 Å². The van der Waals surface area contributed by atoms with Crippen molar-refractivity contribution in [2.45, 2.75) is 12.6 Å². The molecule has 2 aromatic rings.